The third-order valence-electron chi connectivity index (χ3n) is 3.02. The van der Waals surface area contributed by atoms with E-state index < -0.39 is 16.9 Å². The number of non-ortho nitro benzene ring substituents is 1. The predicted octanol–water partition coefficient (Wildman–Crippen LogP) is 3.68. The summed E-state index contributed by atoms with van der Waals surface area (Å²) in [7, 11) is 0. The molecule has 0 aliphatic heterocycles. The summed E-state index contributed by atoms with van der Waals surface area (Å²) in [5.74, 6) is -1.47. The van der Waals surface area contributed by atoms with Crippen LogP contribution in [0.1, 0.15) is 11.1 Å². The van der Waals surface area contributed by atoms with Gasteiger partial charge in [-0.15, -0.1) is 0 Å². The van der Waals surface area contributed by atoms with Crippen LogP contribution < -0.4 is 0 Å². The molecule has 2 aromatic rings. The molecule has 0 saturated heterocycles. The molecule has 122 valence electrons. The second-order valence-electron chi connectivity index (χ2n) is 4.74. The quantitative estimate of drug-likeness (QED) is 0.256. The van der Waals surface area contributed by atoms with Crippen molar-refractivity contribution >= 4 is 39.6 Å². The zero-order chi connectivity index (χ0) is 17.5. The topological polar surface area (TPSA) is 86.5 Å². The van der Waals surface area contributed by atoms with E-state index >= 15 is 0 Å². The average Bonchev–Trinajstić information content (AvgIpc) is 2.55. The van der Waals surface area contributed by atoms with Crippen LogP contribution >= 0.6 is 15.9 Å². The van der Waals surface area contributed by atoms with E-state index in [4.69, 9.17) is 4.74 Å². The van der Waals surface area contributed by atoms with Gasteiger partial charge >= 0.3 is 11.9 Å². The average molecular weight is 390 g/mol. The molecule has 0 N–H and O–H groups in total. The molecular weight excluding hydrogens is 378 g/mol. The number of carbonyl (C=O) groups is 2. The van der Waals surface area contributed by atoms with Crippen LogP contribution in [-0.4, -0.2) is 16.9 Å². The molecule has 0 heterocycles. The molecule has 0 aliphatic carbocycles. The van der Waals surface area contributed by atoms with E-state index in [1.165, 1.54) is 30.3 Å². The summed E-state index contributed by atoms with van der Waals surface area (Å²) in [4.78, 5) is 33.4. The van der Waals surface area contributed by atoms with Gasteiger partial charge in [0.05, 0.1) is 11.3 Å². The van der Waals surface area contributed by atoms with Crippen molar-refractivity contribution in [1.82, 2.24) is 0 Å². The van der Waals surface area contributed by atoms with Gasteiger partial charge in [-0.2, -0.15) is 0 Å². The van der Waals surface area contributed by atoms with Crippen LogP contribution in [0.25, 0.3) is 6.08 Å². The highest BCUT2D eigenvalue weighted by Crippen LogP contribution is 2.17. The Morgan fingerprint density at radius 1 is 1.12 bits per heavy atom. The number of nitro groups is 1. The van der Waals surface area contributed by atoms with Gasteiger partial charge in [-0.25, -0.2) is 4.79 Å². The summed E-state index contributed by atoms with van der Waals surface area (Å²) in [5, 5.41) is 10.5. The number of nitro benzene ring substituents is 1. The molecule has 0 amide bonds. The van der Waals surface area contributed by atoms with E-state index in [1.54, 1.807) is 18.2 Å². The van der Waals surface area contributed by atoms with Crippen molar-refractivity contribution in [2.75, 3.05) is 0 Å². The maximum absolute atomic E-state index is 11.7. The Kier molecular flexibility index (Phi) is 5.97. The normalized spacial score (nSPS) is 10.5. The number of esters is 2. The number of hydrogen-bond acceptors (Lipinski definition) is 5. The fraction of sp³-hybridized carbons (Fsp3) is 0.0588. The van der Waals surface area contributed by atoms with Gasteiger partial charge in [0.1, 0.15) is 0 Å². The number of benzene rings is 2. The molecule has 2 aromatic carbocycles. The van der Waals surface area contributed by atoms with E-state index in [-0.39, 0.29) is 12.1 Å². The largest absolute Gasteiger partial charge is 0.390 e. The summed E-state index contributed by atoms with van der Waals surface area (Å²) >= 11 is 3.31. The van der Waals surface area contributed by atoms with Gasteiger partial charge < -0.3 is 4.74 Å². The Morgan fingerprint density at radius 2 is 1.79 bits per heavy atom. The van der Waals surface area contributed by atoms with Gasteiger partial charge in [0.2, 0.25) is 0 Å². The standard InChI is InChI=1S/C17H12BrNO5/c18-15-4-2-1-3-13(15)11-17(21)24-16(20)10-7-12-5-8-14(9-6-12)19(22)23/h1-10H,11H2/b10-7+. The van der Waals surface area contributed by atoms with E-state index in [9.17, 15) is 19.7 Å². The predicted molar refractivity (Wildman–Crippen MR) is 91.1 cm³/mol. The first kappa shape index (κ1) is 17.6. The lowest BCUT2D eigenvalue weighted by molar-refractivity contribution is -0.384. The number of carbonyl (C=O) groups excluding carboxylic acids is 2. The van der Waals surface area contributed by atoms with Crippen LogP contribution in [-0.2, 0) is 20.7 Å². The van der Waals surface area contributed by atoms with Crippen molar-refractivity contribution in [2.45, 2.75) is 6.42 Å². The lowest BCUT2D eigenvalue weighted by Crippen LogP contribution is -2.12. The van der Waals surface area contributed by atoms with Gasteiger partial charge in [-0.1, -0.05) is 34.1 Å². The first-order chi connectivity index (χ1) is 11.5. The first-order valence-corrected chi connectivity index (χ1v) is 7.65. The fourth-order valence-corrected chi connectivity index (χ4v) is 2.28. The zero-order valence-corrected chi connectivity index (χ0v) is 13.9. The van der Waals surface area contributed by atoms with Crippen molar-refractivity contribution in [3.8, 4) is 0 Å². The van der Waals surface area contributed by atoms with Crippen LogP contribution in [0, 0.1) is 10.1 Å². The zero-order valence-electron chi connectivity index (χ0n) is 12.3. The number of nitrogens with zero attached hydrogens (tertiary/aromatic N) is 1. The van der Waals surface area contributed by atoms with Gasteiger partial charge in [-0.05, 0) is 35.4 Å². The van der Waals surface area contributed by atoms with Gasteiger partial charge in [0.25, 0.3) is 5.69 Å². The minimum absolute atomic E-state index is 0.0292. The lowest BCUT2D eigenvalue weighted by Gasteiger charge is -2.03. The second-order valence-corrected chi connectivity index (χ2v) is 5.60. The van der Waals surface area contributed by atoms with Gasteiger partial charge in [0, 0.05) is 22.7 Å². The summed E-state index contributed by atoms with van der Waals surface area (Å²) in [6, 6.07) is 12.8. The van der Waals surface area contributed by atoms with Crippen molar-refractivity contribution in [3.05, 3.63) is 80.3 Å². The molecule has 0 unspecified atom stereocenters. The molecule has 6 nitrogen and oxygen atoms in total. The summed E-state index contributed by atoms with van der Waals surface area (Å²) in [6.07, 6.45) is 2.48. The highest BCUT2D eigenvalue weighted by atomic mass is 79.9. The van der Waals surface area contributed by atoms with Crippen LogP contribution in [0.4, 0.5) is 5.69 Å². The minimum Gasteiger partial charge on any atom is -0.390 e. The monoisotopic (exact) mass is 389 g/mol. The van der Waals surface area contributed by atoms with Crippen molar-refractivity contribution in [2.24, 2.45) is 0 Å². The van der Waals surface area contributed by atoms with E-state index in [1.807, 2.05) is 6.07 Å². The van der Waals surface area contributed by atoms with Gasteiger partial charge in [-0.3, -0.25) is 14.9 Å². The molecule has 0 bridgehead atoms. The maximum Gasteiger partial charge on any atom is 0.338 e. The molecule has 0 atom stereocenters. The fourth-order valence-electron chi connectivity index (χ4n) is 1.85. The molecular formula is C17H12BrNO5. The number of hydrogen-bond donors (Lipinski definition) is 0. The molecule has 0 aromatic heterocycles. The summed E-state index contributed by atoms with van der Waals surface area (Å²) in [5.41, 5.74) is 1.25. The van der Waals surface area contributed by atoms with Crippen molar-refractivity contribution in [3.63, 3.8) is 0 Å². The smallest absolute Gasteiger partial charge is 0.338 e. The molecule has 0 radical (unpaired) electrons. The third kappa shape index (κ3) is 5.13. The SMILES string of the molecule is O=C(/C=C/c1ccc([N+](=O)[O-])cc1)OC(=O)Cc1ccccc1Br. The molecule has 7 heteroatoms. The second kappa shape index (κ2) is 8.16. The Balaban J connectivity index is 1.91. The van der Waals surface area contributed by atoms with E-state index in [0.29, 0.717) is 5.56 Å². The Morgan fingerprint density at radius 3 is 2.42 bits per heavy atom. The molecule has 0 saturated carbocycles. The summed E-state index contributed by atoms with van der Waals surface area (Å²) in [6.45, 7) is 0. The van der Waals surface area contributed by atoms with E-state index in [0.717, 1.165) is 16.1 Å². The molecule has 0 aliphatic rings. The lowest BCUT2D eigenvalue weighted by atomic mass is 10.1. The van der Waals surface area contributed by atoms with Crippen LogP contribution in [0.15, 0.2) is 59.1 Å². The van der Waals surface area contributed by atoms with Crippen molar-refractivity contribution < 1.29 is 19.2 Å². The Bertz CT molecular complexity index is 799. The third-order valence-corrected chi connectivity index (χ3v) is 3.80. The van der Waals surface area contributed by atoms with Crippen molar-refractivity contribution in [1.29, 1.82) is 0 Å². The van der Waals surface area contributed by atoms with Crippen LogP contribution in [0.3, 0.4) is 0 Å². The highest BCUT2D eigenvalue weighted by molar-refractivity contribution is 9.10. The molecule has 0 fully saturated rings. The Hall–Kier alpha value is -2.80. The van der Waals surface area contributed by atoms with Crippen LogP contribution in [0.5, 0.6) is 0 Å². The Labute approximate surface area is 146 Å². The molecule has 2 rings (SSSR count). The van der Waals surface area contributed by atoms with Crippen LogP contribution in [0.2, 0.25) is 0 Å². The summed E-state index contributed by atoms with van der Waals surface area (Å²) < 4.78 is 5.46. The molecule has 24 heavy (non-hydrogen) atoms. The minimum atomic E-state index is -0.801. The van der Waals surface area contributed by atoms with E-state index in [2.05, 4.69) is 15.9 Å². The maximum atomic E-state index is 11.7. The molecule has 0 spiro atoms. The first-order valence-electron chi connectivity index (χ1n) is 6.86. The van der Waals surface area contributed by atoms with Gasteiger partial charge in [0.15, 0.2) is 0 Å². The highest BCUT2D eigenvalue weighted by Gasteiger charge is 2.11. The number of rotatable bonds is 5. The number of ether oxygens (including phenoxy) is 1. The number of halogens is 1.